The van der Waals surface area contributed by atoms with Crippen molar-refractivity contribution in [2.45, 2.75) is 56.0 Å². The van der Waals surface area contributed by atoms with Crippen LogP contribution in [-0.4, -0.2) is 27.2 Å². The van der Waals surface area contributed by atoms with Crippen molar-refractivity contribution >= 4 is 23.5 Å². The molecule has 0 unspecified atom stereocenters. The minimum absolute atomic E-state index is 0.00437. The average Bonchev–Trinajstić information content (AvgIpc) is 2.49. The molecule has 22 heavy (non-hydrogen) atoms. The third-order valence-electron chi connectivity index (χ3n) is 4.01. The summed E-state index contributed by atoms with van der Waals surface area (Å²) >= 11 is 1.25. The number of carbonyl (C=O) groups excluding carboxylic acids is 1. The minimum atomic E-state index is -0.304. The Labute approximate surface area is 134 Å². The molecular formula is C15H21N5OS. The molecule has 7 heteroatoms. The lowest BCUT2D eigenvalue weighted by atomic mass is 9.86. The number of thioether (sulfide) groups is 1. The predicted molar refractivity (Wildman–Crippen MR) is 86.0 cm³/mol. The zero-order valence-electron chi connectivity index (χ0n) is 12.9. The summed E-state index contributed by atoms with van der Waals surface area (Å²) in [4.78, 5) is 20.4. The van der Waals surface area contributed by atoms with Crippen LogP contribution in [0.15, 0.2) is 11.4 Å². The largest absolute Gasteiger partial charge is 0.382 e. The van der Waals surface area contributed by atoms with Crippen molar-refractivity contribution in [1.82, 2.24) is 15.3 Å². The van der Waals surface area contributed by atoms with E-state index in [2.05, 4.69) is 22.2 Å². The van der Waals surface area contributed by atoms with E-state index in [0.29, 0.717) is 11.1 Å². The van der Waals surface area contributed by atoms with Crippen LogP contribution in [0.2, 0.25) is 0 Å². The topological polar surface area (TPSA) is 105 Å². The number of anilines is 1. The van der Waals surface area contributed by atoms with E-state index in [9.17, 15) is 4.79 Å². The van der Waals surface area contributed by atoms with E-state index in [0.717, 1.165) is 6.42 Å². The van der Waals surface area contributed by atoms with Crippen LogP contribution in [-0.2, 0) is 4.79 Å². The fourth-order valence-electron chi connectivity index (χ4n) is 2.56. The first-order valence-corrected chi connectivity index (χ1v) is 8.39. The summed E-state index contributed by atoms with van der Waals surface area (Å²) in [5.74, 6) is 0.667. The molecule has 0 saturated heterocycles. The standard InChI is InChI=1S/C15H21N5OS/c1-9-5-3-4-6-12(9)19-14(21)10(2)22-15-18-8-11(7-16)13(17)20-15/h8-10,12H,3-6H2,1-2H3,(H,19,21)(H2,17,18,20)/t9-,10+,12-/m1/s1. The molecule has 0 bridgehead atoms. The molecule has 6 nitrogen and oxygen atoms in total. The fourth-order valence-corrected chi connectivity index (χ4v) is 3.32. The van der Waals surface area contributed by atoms with Gasteiger partial charge in [0.2, 0.25) is 5.91 Å². The van der Waals surface area contributed by atoms with Crippen LogP contribution < -0.4 is 11.1 Å². The van der Waals surface area contributed by atoms with Gasteiger partial charge in [0.05, 0.1) is 11.4 Å². The van der Waals surface area contributed by atoms with Gasteiger partial charge in [-0.3, -0.25) is 4.79 Å². The SMILES string of the molecule is C[C@H](Sc1ncc(C#N)c(N)n1)C(=O)N[C@@H]1CCCC[C@H]1C. The van der Waals surface area contributed by atoms with Gasteiger partial charge >= 0.3 is 0 Å². The number of hydrogen-bond donors (Lipinski definition) is 2. The van der Waals surface area contributed by atoms with E-state index < -0.39 is 0 Å². The van der Waals surface area contributed by atoms with Crippen molar-refractivity contribution < 1.29 is 4.79 Å². The van der Waals surface area contributed by atoms with Gasteiger partial charge in [-0.25, -0.2) is 9.97 Å². The number of nitrogen functional groups attached to an aromatic ring is 1. The average molecular weight is 319 g/mol. The van der Waals surface area contributed by atoms with Gasteiger partial charge in [0, 0.05) is 6.04 Å². The highest BCUT2D eigenvalue weighted by Gasteiger charge is 2.25. The predicted octanol–water partition coefficient (Wildman–Crippen LogP) is 2.11. The second-order valence-corrected chi connectivity index (χ2v) is 7.01. The van der Waals surface area contributed by atoms with Crippen molar-refractivity contribution in [1.29, 1.82) is 5.26 Å². The number of nitrogens with zero attached hydrogens (tertiary/aromatic N) is 3. The lowest BCUT2D eigenvalue weighted by molar-refractivity contribution is -0.121. The van der Waals surface area contributed by atoms with E-state index in [-0.39, 0.29) is 28.6 Å². The molecular weight excluding hydrogens is 298 g/mol. The van der Waals surface area contributed by atoms with E-state index in [1.807, 2.05) is 13.0 Å². The molecule has 1 aromatic heterocycles. The second kappa shape index (κ2) is 7.45. The van der Waals surface area contributed by atoms with Gasteiger partial charge in [-0.2, -0.15) is 5.26 Å². The molecule has 3 N–H and O–H groups in total. The third-order valence-corrected chi connectivity index (χ3v) is 4.98. The monoisotopic (exact) mass is 319 g/mol. The molecule has 1 fully saturated rings. The normalized spacial score (nSPS) is 22.6. The highest BCUT2D eigenvalue weighted by molar-refractivity contribution is 8.00. The van der Waals surface area contributed by atoms with E-state index in [1.165, 1.54) is 37.2 Å². The minimum Gasteiger partial charge on any atom is -0.382 e. The van der Waals surface area contributed by atoms with Crippen LogP contribution in [0, 0.1) is 17.2 Å². The van der Waals surface area contributed by atoms with E-state index in [4.69, 9.17) is 11.0 Å². The van der Waals surface area contributed by atoms with Crippen molar-refractivity contribution in [3.8, 4) is 6.07 Å². The van der Waals surface area contributed by atoms with E-state index in [1.54, 1.807) is 0 Å². The highest BCUT2D eigenvalue weighted by Crippen LogP contribution is 2.25. The summed E-state index contributed by atoms with van der Waals surface area (Å²) in [5, 5.41) is 12.0. The van der Waals surface area contributed by atoms with Crippen molar-refractivity contribution in [2.24, 2.45) is 5.92 Å². The smallest absolute Gasteiger partial charge is 0.233 e. The van der Waals surface area contributed by atoms with Crippen molar-refractivity contribution in [2.75, 3.05) is 5.73 Å². The Balaban J connectivity index is 1.93. The zero-order chi connectivity index (χ0) is 16.1. The molecule has 1 saturated carbocycles. The molecule has 118 valence electrons. The first kappa shape index (κ1) is 16.6. The maximum Gasteiger partial charge on any atom is 0.233 e. The first-order valence-electron chi connectivity index (χ1n) is 7.51. The molecule has 2 rings (SSSR count). The van der Waals surface area contributed by atoms with Crippen LogP contribution >= 0.6 is 11.8 Å². The molecule has 0 radical (unpaired) electrons. The molecule has 1 amide bonds. The Morgan fingerprint density at radius 2 is 2.27 bits per heavy atom. The summed E-state index contributed by atoms with van der Waals surface area (Å²) in [6.45, 7) is 4.01. The van der Waals surface area contributed by atoms with Crippen LogP contribution in [0.5, 0.6) is 0 Å². The number of aromatic nitrogens is 2. The third kappa shape index (κ3) is 4.10. The number of nitriles is 1. The summed E-state index contributed by atoms with van der Waals surface area (Å²) in [7, 11) is 0. The zero-order valence-corrected chi connectivity index (χ0v) is 13.7. The molecule has 0 spiro atoms. The summed E-state index contributed by atoms with van der Waals surface area (Å²) in [6, 6.07) is 2.18. The molecule has 1 aliphatic rings. The number of nitrogens with two attached hydrogens (primary N) is 1. The maximum absolute atomic E-state index is 12.3. The number of nitrogens with one attached hydrogen (secondary N) is 1. The summed E-state index contributed by atoms with van der Waals surface area (Å²) in [5.41, 5.74) is 5.91. The molecule has 0 aliphatic heterocycles. The Morgan fingerprint density at radius 3 is 2.91 bits per heavy atom. The van der Waals surface area contributed by atoms with Gasteiger partial charge in [0.25, 0.3) is 0 Å². The van der Waals surface area contributed by atoms with Crippen molar-refractivity contribution in [3.63, 3.8) is 0 Å². The maximum atomic E-state index is 12.3. The Kier molecular flexibility index (Phi) is 5.61. The summed E-state index contributed by atoms with van der Waals surface area (Å²) in [6.07, 6.45) is 6.02. The van der Waals surface area contributed by atoms with Gasteiger partial charge in [-0.1, -0.05) is 31.5 Å². The number of rotatable bonds is 4. The van der Waals surface area contributed by atoms with Gasteiger partial charge in [-0.05, 0) is 25.7 Å². The first-order chi connectivity index (χ1) is 10.5. The Hall–Kier alpha value is -1.81. The number of carbonyl (C=O) groups is 1. The Morgan fingerprint density at radius 1 is 1.55 bits per heavy atom. The van der Waals surface area contributed by atoms with E-state index >= 15 is 0 Å². The van der Waals surface area contributed by atoms with Crippen molar-refractivity contribution in [3.05, 3.63) is 11.8 Å². The van der Waals surface area contributed by atoms with Crippen LogP contribution in [0.25, 0.3) is 0 Å². The lowest BCUT2D eigenvalue weighted by Crippen LogP contribution is -2.44. The molecule has 1 aliphatic carbocycles. The van der Waals surface area contributed by atoms with Crippen LogP contribution in [0.4, 0.5) is 5.82 Å². The quantitative estimate of drug-likeness (QED) is 0.650. The van der Waals surface area contributed by atoms with Crippen LogP contribution in [0.1, 0.15) is 45.1 Å². The van der Waals surface area contributed by atoms with Crippen LogP contribution in [0.3, 0.4) is 0 Å². The highest BCUT2D eigenvalue weighted by atomic mass is 32.2. The number of amides is 1. The van der Waals surface area contributed by atoms with Gasteiger partial charge in [0.15, 0.2) is 5.16 Å². The molecule has 1 heterocycles. The molecule has 1 aromatic rings. The number of hydrogen-bond acceptors (Lipinski definition) is 6. The fraction of sp³-hybridized carbons (Fsp3) is 0.600. The Bertz CT molecular complexity index is 586. The lowest BCUT2D eigenvalue weighted by Gasteiger charge is -2.30. The van der Waals surface area contributed by atoms with Gasteiger partial charge < -0.3 is 11.1 Å². The molecule has 3 atom stereocenters. The molecule has 0 aromatic carbocycles. The second-order valence-electron chi connectivity index (χ2n) is 5.70. The summed E-state index contributed by atoms with van der Waals surface area (Å²) < 4.78 is 0. The van der Waals surface area contributed by atoms with Gasteiger partial charge in [-0.15, -0.1) is 0 Å². The van der Waals surface area contributed by atoms with Gasteiger partial charge in [0.1, 0.15) is 17.5 Å².